The lowest BCUT2D eigenvalue weighted by atomic mass is 9.91. The highest BCUT2D eigenvalue weighted by molar-refractivity contribution is 6.17. The molecule has 0 atom stereocenters. The monoisotopic (exact) mass is 695 g/mol. The number of aryl methyl sites for hydroxylation is 2. The molecule has 0 bridgehead atoms. The van der Waals surface area contributed by atoms with Crippen molar-refractivity contribution < 1.29 is 32.8 Å². The molecule has 52 heavy (non-hydrogen) atoms. The lowest BCUT2D eigenvalue weighted by molar-refractivity contribution is 0.284. The summed E-state index contributed by atoms with van der Waals surface area (Å²) in [6.07, 6.45) is 0.674. The van der Waals surface area contributed by atoms with Crippen molar-refractivity contribution in [2.75, 3.05) is 28.4 Å². The van der Waals surface area contributed by atoms with E-state index in [1.54, 1.807) is 34.5 Å². The molecule has 0 spiro atoms. The molecule has 5 aromatic carbocycles. The first-order valence-electron chi connectivity index (χ1n) is 17.0. The summed E-state index contributed by atoms with van der Waals surface area (Å²) in [6.45, 7) is 1.22. The zero-order valence-corrected chi connectivity index (χ0v) is 29.4. The van der Waals surface area contributed by atoms with Gasteiger partial charge in [-0.05, 0) is 59.0 Å². The molecule has 7 aromatic rings. The Hall–Kier alpha value is -6.35. The predicted molar refractivity (Wildman–Crippen MR) is 200 cm³/mol. The molecule has 1 aliphatic rings. The molecule has 0 saturated carbocycles. The quantitative estimate of drug-likeness (QED) is 0.124. The molecule has 1 aliphatic heterocycles. The van der Waals surface area contributed by atoms with Crippen LogP contribution in [0.15, 0.2) is 112 Å². The number of methoxy groups -OCH3 is 4. The van der Waals surface area contributed by atoms with Crippen LogP contribution in [0, 0.1) is 0 Å². The van der Waals surface area contributed by atoms with Gasteiger partial charge < -0.3 is 37.4 Å². The summed E-state index contributed by atoms with van der Waals surface area (Å²) < 4.78 is 43.9. The van der Waals surface area contributed by atoms with Crippen LogP contribution in [0.1, 0.15) is 16.7 Å². The van der Waals surface area contributed by atoms with Gasteiger partial charge in [-0.3, -0.25) is 0 Å². The standard InChI is InChI=1S/C43H37NO8/c1-46-32-16-15-29(20-37(32)50-24-26-11-7-5-8-12-26)39-40-31-22-36(49-4)38(51-25-27-13-9-6-10-14-27)23-33(31)52-43(45)42(40)44-18-17-28-19-34(47-2)35(48-3)21-30(28)41(39)44/h5-16,19-23H,17-18,24-25H2,1-4H3. The van der Waals surface area contributed by atoms with Gasteiger partial charge in [-0.2, -0.15) is 0 Å². The smallest absolute Gasteiger partial charge is 0.361 e. The Kier molecular flexibility index (Phi) is 8.68. The second kappa shape index (κ2) is 13.8. The number of hydrogen-bond acceptors (Lipinski definition) is 8. The number of hydrogen-bond donors (Lipinski definition) is 0. The Labute approximate surface area is 300 Å². The first kappa shape index (κ1) is 32.8. The first-order valence-corrected chi connectivity index (χ1v) is 17.0. The van der Waals surface area contributed by atoms with Gasteiger partial charge in [0, 0.05) is 34.5 Å². The minimum Gasteiger partial charge on any atom is -0.493 e. The van der Waals surface area contributed by atoms with Gasteiger partial charge >= 0.3 is 5.63 Å². The highest BCUT2D eigenvalue weighted by Gasteiger charge is 2.31. The molecule has 0 radical (unpaired) electrons. The summed E-state index contributed by atoms with van der Waals surface area (Å²) in [5.74, 6) is 3.38. The number of nitrogens with zero attached hydrogens (tertiary/aromatic N) is 1. The van der Waals surface area contributed by atoms with E-state index in [-0.39, 0.29) is 0 Å². The molecule has 2 aromatic heterocycles. The Morgan fingerprint density at radius 3 is 1.87 bits per heavy atom. The van der Waals surface area contributed by atoms with Crippen LogP contribution in [-0.2, 0) is 26.2 Å². The molecule has 8 rings (SSSR count). The van der Waals surface area contributed by atoms with Gasteiger partial charge in [0.2, 0.25) is 0 Å². The van der Waals surface area contributed by atoms with Gasteiger partial charge in [-0.1, -0.05) is 66.7 Å². The zero-order chi connectivity index (χ0) is 35.8. The summed E-state index contributed by atoms with van der Waals surface area (Å²) in [5, 5.41) is 1.44. The normalized spacial score (nSPS) is 11.9. The average Bonchev–Trinajstić information content (AvgIpc) is 3.55. The van der Waals surface area contributed by atoms with Gasteiger partial charge in [0.25, 0.3) is 0 Å². The SMILES string of the molecule is COc1cc2c(cc1OC)-c1c(-c3ccc(OC)c(OCc4ccccc4)c3)c3c4cc(OC)c(OCc5ccccc5)cc4oc(=O)c3n1CC2. The molecule has 0 fully saturated rings. The minimum atomic E-state index is -0.452. The summed E-state index contributed by atoms with van der Waals surface area (Å²) in [4.78, 5) is 14.2. The van der Waals surface area contributed by atoms with Crippen LogP contribution in [0.4, 0.5) is 0 Å². The molecular weight excluding hydrogens is 658 g/mol. The second-order valence-corrected chi connectivity index (χ2v) is 12.5. The minimum absolute atomic E-state index is 0.320. The van der Waals surface area contributed by atoms with Crippen LogP contribution >= 0.6 is 0 Å². The number of fused-ring (bicyclic) bond motifs is 7. The molecular formula is C43H37NO8. The highest BCUT2D eigenvalue weighted by Crippen LogP contribution is 2.50. The van der Waals surface area contributed by atoms with E-state index in [1.807, 2.05) is 97.1 Å². The van der Waals surface area contributed by atoms with Crippen LogP contribution in [0.3, 0.4) is 0 Å². The summed E-state index contributed by atoms with van der Waals surface area (Å²) >= 11 is 0. The topological polar surface area (TPSA) is 90.5 Å². The third kappa shape index (κ3) is 5.74. The van der Waals surface area contributed by atoms with Crippen molar-refractivity contribution in [3.63, 3.8) is 0 Å². The third-order valence-electron chi connectivity index (χ3n) is 9.59. The molecule has 0 aliphatic carbocycles. The van der Waals surface area contributed by atoms with E-state index in [1.165, 1.54) is 0 Å². The fourth-order valence-corrected chi connectivity index (χ4v) is 7.12. The van der Waals surface area contributed by atoms with E-state index in [4.69, 9.17) is 32.8 Å². The maximum atomic E-state index is 14.2. The van der Waals surface area contributed by atoms with Gasteiger partial charge in [-0.25, -0.2) is 4.79 Å². The van der Waals surface area contributed by atoms with Crippen LogP contribution < -0.4 is 34.0 Å². The van der Waals surface area contributed by atoms with E-state index < -0.39 is 5.63 Å². The number of ether oxygens (including phenoxy) is 6. The van der Waals surface area contributed by atoms with Crippen molar-refractivity contribution in [3.8, 4) is 56.9 Å². The van der Waals surface area contributed by atoms with Crippen LogP contribution in [0.5, 0.6) is 34.5 Å². The van der Waals surface area contributed by atoms with Gasteiger partial charge in [-0.15, -0.1) is 0 Å². The van der Waals surface area contributed by atoms with E-state index in [9.17, 15) is 4.79 Å². The molecule has 9 heteroatoms. The van der Waals surface area contributed by atoms with E-state index >= 15 is 0 Å². The van der Waals surface area contributed by atoms with E-state index in [0.29, 0.717) is 77.2 Å². The predicted octanol–water partition coefficient (Wildman–Crippen LogP) is 8.83. The van der Waals surface area contributed by atoms with Crippen LogP contribution in [0.2, 0.25) is 0 Å². The molecule has 9 nitrogen and oxygen atoms in total. The van der Waals surface area contributed by atoms with Gasteiger partial charge in [0.15, 0.2) is 34.5 Å². The molecule has 3 heterocycles. The number of aromatic nitrogens is 1. The Balaban J connectivity index is 1.39. The lowest BCUT2D eigenvalue weighted by Crippen LogP contribution is -2.15. The first-order chi connectivity index (χ1) is 25.5. The van der Waals surface area contributed by atoms with Crippen molar-refractivity contribution in [3.05, 3.63) is 130 Å². The Bertz CT molecular complexity index is 2480. The summed E-state index contributed by atoms with van der Waals surface area (Å²) in [7, 11) is 6.48. The number of rotatable bonds is 11. The Morgan fingerprint density at radius 1 is 0.635 bits per heavy atom. The second-order valence-electron chi connectivity index (χ2n) is 12.5. The molecule has 0 unspecified atom stereocenters. The van der Waals surface area contributed by atoms with Crippen LogP contribution in [0.25, 0.3) is 44.3 Å². The molecule has 0 saturated heterocycles. The lowest BCUT2D eigenvalue weighted by Gasteiger charge is -2.23. The molecule has 262 valence electrons. The Morgan fingerprint density at radius 2 is 1.23 bits per heavy atom. The fourth-order valence-electron chi connectivity index (χ4n) is 7.12. The van der Waals surface area contributed by atoms with Gasteiger partial charge in [0.1, 0.15) is 24.3 Å². The van der Waals surface area contributed by atoms with E-state index in [2.05, 4.69) is 4.57 Å². The summed E-state index contributed by atoms with van der Waals surface area (Å²) in [6, 6.07) is 33.3. The number of benzene rings is 5. The average molecular weight is 696 g/mol. The van der Waals surface area contributed by atoms with Crippen molar-refractivity contribution in [2.45, 2.75) is 26.2 Å². The molecule has 0 amide bonds. The van der Waals surface area contributed by atoms with Crippen molar-refractivity contribution in [1.82, 2.24) is 4.57 Å². The third-order valence-corrected chi connectivity index (χ3v) is 9.59. The van der Waals surface area contributed by atoms with Crippen molar-refractivity contribution >= 4 is 21.9 Å². The van der Waals surface area contributed by atoms with Gasteiger partial charge in [0.05, 0.1) is 34.1 Å². The van der Waals surface area contributed by atoms with Crippen molar-refractivity contribution in [2.24, 2.45) is 0 Å². The fraction of sp³-hybridized carbons (Fsp3) is 0.186. The summed E-state index contributed by atoms with van der Waals surface area (Å²) in [5.41, 5.74) is 6.96. The maximum absolute atomic E-state index is 14.2. The van der Waals surface area contributed by atoms with Crippen LogP contribution in [-0.4, -0.2) is 33.0 Å². The zero-order valence-electron chi connectivity index (χ0n) is 29.4. The highest BCUT2D eigenvalue weighted by atomic mass is 16.5. The van der Waals surface area contributed by atoms with E-state index in [0.717, 1.165) is 44.5 Å². The molecule has 0 N–H and O–H groups in total. The van der Waals surface area contributed by atoms with Crippen molar-refractivity contribution in [1.29, 1.82) is 0 Å². The largest absolute Gasteiger partial charge is 0.493 e. The maximum Gasteiger partial charge on any atom is 0.361 e.